The average molecular weight is 356 g/mol. The number of amides is 1. The van der Waals surface area contributed by atoms with Crippen LogP contribution in [0.5, 0.6) is 0 Å². The molecule has 1 fully saturated rings. The van der Waals surface area contributed by atoms with Gasteiger partial charge in [0.25, 0.3) is 5.69 Å². The number of anilines is 1. The maximum Gasteiger partial charge on any atom is 0.311 e. The van der Waals surface area contributed by atoms with Gasteiger partial charge in [-0.2, -0.15) is 0 Å². The number of carbonyl (C=O) groups excluding carboxylic acids is 2. The number of likely N-dealkylation sites (tertiary alicyclic amines) is 1. The van der Waals surface area contributed by atoms with E-state index < -0.39 is 10.8 Å². The molecule has 0 aliphatic carbocycles. The second-order valence-corrected chi connectivity index (χ2v) is 5.75. The molecule has 1 aromatic rings. The van der Waals surface area contributed by atoms with Crippen molar-refractivity contribution in [2.24, 2.45) is 5.92 Å². The van der Waals surface area contributed by atoms with Gasteiger partial charge in [0.15, 0.2) is 0 Å². The van der Waals surface area contributed by atoms with E-state index in [-0.39, 0.29) is 29.0 Å². The van der Waals surface area contributed by atoms with Crippen LogP contribution >= 0.6 is 11.6 Å². The van der Waals surface area contributed by atoms with E-state index in [2.05, 4.69) is 5.32 Å². The molecule has 24 heavy (non-hydrogen) atoms. The third-order valence-electron chi connectivity index (χ3n) is 3.70. The number of benzene rings is 1. The summed E-state index contributed by atoms with van der Waals surface area (Å²) in [5.74, 6) is -0.857. The molecule has 1 unspecified atom stereocenters. The van der Waals surface area contributed by atoms with Crippen molar-refractivity contribution in [2.45, 2.75) is 13.3 Å². The van der Waals surface area contributed by atoms with Crippen LogP contribution in [0.15, 0.2) is 18.2 Å². The van der Waals surface area contributed by atoms with Crippen molar-refractivity contribution >= 4 is 34.9 Å². The molecule has 1 aromatic carbocycles. The Kier molecular flexibility index (Phi) is 5.97. The van der Waals surface area contributed by atoms with Crippen LogP contribution in [0, 0.1) is 16.0 Å². The Morgan fingerprint density at radius 3 is 2.92 bits per heavy atom. The number of carbonyl (C=O) groups is 2. The molecule has 130 valence electrons. The number of hydrogen-bond donors (Lipinski definition) is 1. The zero-order valence-electron chi connectivity index (χ0n) is 13.2. The van der Waals surface area contributed by atoms with Crippen LogP contribution in [0.1, 0.15) is 13.3 Å². The fraction of sp³-hybridized carbons (Fsp3) is 0.467. The monoisotopic (exact) mass is 355 g/mol. The highest BCUT2D eigenvalue weighted by Gasteiger charge is 2.34. The van der Waals surface area contributed by atoms with E-state index in [1.807, 2.05) is 0 Å². The Morgan fingerprint density at radius 1 is 1.54 bits per heavy atom. The fourth-order valence-corrected chi connectivity index (χ4v) is 2.73. The number of esters is 1. The second-order valence-electron chi connectivity index (χ2n) is 5.34. The highest BCUT2D eigenvalue weighted by molar-refractivity contribution is 6.33. The Hall–Kier alpha value is -2.35. The van der Waals surface area contributed by atoms with Crippen molar-refractivity contribution in [3.8, 4) is 0 Å². The minimum atomic E-state index is -0.520. The Morgan fingerprint density at radius 2 is 2.29 bits per heavy atom. The van der Waals surface area contributed by atoms with Crippen molar-refractivity contribution in [3.05, 3.63) is 33.3 Å². The molecule has 1 atom stereocenters. The van der Waals surface area contributed by atoms with E-state index >= 15 is 0 Å². The van der Waals surface area contributed by atoms with Gasteiger partial charge in [-0.25, -0.2) is 0 Å². The smallest absolute Gasteiger partial charge is 0.311 e. The molecule has 2 rings (SSSR count). The molecular formula is C15H18ClN3O5. The van der Waals surface area contributed by atoms with Gasteiger partial charge in [0.2, 0.25) is 5.91 Å². The number of nitro benzene ring substituents is 1. The molecule has 1 aliphatic rings. The summed E-state index contributed by atoms with van der Waals surface area (Å²) in [5, 5.41) is 13.9. The molecule has 8 nitrogen and oxygen atoms in total. The third kappa shape index (κ3) is 4.35. The van der Waals surface area contributed by atoms with Gasteiger partial charge in [0.1, 0.15) is 0 Å². The molecule has 0 aromatic heterocycles. The van der Waals surface area contributed by atoms with Gasteiger partial charge in [-0.15, -0.1) is 0 Å². The molecule has 0 saturated carbocycles. The standard InChI is InChI=1S/C15H18ClN3O5/c1-2-24-15(21)10-7-14(20)18(9-10)6-5-17-13-4-3-11(19(22)23)8-12(13)16/h3-4,8,10,17H,2,5-7,9H2,1H3. The number of nitrogens with zero attached hydrogens (tertiary/aromatic N) is 2. The predicted octanol–water partition coefficient (Wildman–Crippen LogP) is 2.07. The molecular weight excluding hydrogens is 338 g/mol. The van der Waals surface area contributed by atoms with Crippen LogP contribution in [0.4, 0.5) is 11.4 Å². The van der Waals surface area contributed by atoms with Crippen LogP contribution in [0.2, 0.25) is 5.02 Å². The quantitative estimate of drug-likeness (QED) is 0.456. The zero-order chi connectivity index (χ0) is 17.7. The van der Waals surface area contributed by atoms with E-state index in [1.54, 1.807) is 11.8 Å². The number of ether oxygens (including phenoxy) is 1. The lowest BCUT2D eigenvalue weighted by Crippen LogP contribution is -2.31. The Bertz CT molecular complexity index is 652. The minimum Gasteiger partial charge on any atom is -0.466 e. The molecule has 1 aliphatic heterocycles. The van der Waals surface area contributed by atoms with Crippen molar-refractivity contribution in [1.82, 2.24) is 4.90 Å². The van der Waals surface area contributed by atoms with E-state index in [0.29, 0.717) is 31.9 Å². The van der Waals surface area contributed by atoms with Gasteiger partial charge in [0, 0.05) is 38.2 Å². The van der Waals surface area contributed by atoms with Crippen LogP contribution in [0.3, 0.4) is 0 Å². The minimum absolute atomic E-state index is 0.0856. The van der Waals surface area contributed by atoms with E-state index in [1.165, 1.54) is 18.2 Å². The van der Waals surface area contributed by atoms with Crippen molar-refractivity contribution in [1.29, 1.82) is 0 Å². The number of nitro groups is 1. The summed E-state index contributed by atoms with van der Waals surface area (Å²) >= 11 is 5.99. The van der Waals surface area contributed by atoms with Gasteiger partial charge >= 0.3 is 5.97 Å². The van der Waals surface area contributed by atoms with E-state index in [4.69, 9.17) is 16.3 Å². The Balaban J connectivity index is 1.85. The van der Waals surface area contributed by atoms with Crippen LogP contribution < -0.4 is 5.32 Å². The normalized spacial score (nSPS) is 17.0. The van der Waals surface area contributed by atoms with Crippen molar-refractivity contribution in [3.63, 3.8) is 0 Å². The van der Waals surface area contributed by atoms with Gasteiger partial charge < -0.3 is 15.0 Å². The molecule has 1 heterocycles. The first-order valence-electron chi connectivity index (χ1n) is 7.54. The van der Waals surface area contributed by atoms with Gasteiger partial charge in [-0.1, -0.05) is 11.6 Å². The third-order valence-corrected chi connectivity index (χ3v) is 4.01. The molecule has 1 N–H and O–H groups in total. The maximum absolute atomic E-state index is 11.9. The lowest BCUT2D eigenvalue weighted by atomic mass is 10.1. The molecule has 1 saturated heterocycles. The first-order chi connectivity index (χ1) is 11.4. The van der Waals surface area contributed by atoms with Gasteiger partial charge in [-0.05, 0) is 13.0 Å². The van der Waals surface area contributed by atoms with Crippen LogP contribution in [-0.2, 0) is 14.3 Å². The lowest BCUT2D eigenvalue weighted by Gasteiger charge is -2.17. The first-order valence-corrected chi connectivity index (χ1v) is 7.92. The van der Waals surface area contributed by atoms with Crippen LogP contribution in [0.25, 0.3) is 0 Å². The average Bonchev–Trinajstić information content (AvgIpc) is 2.90. The topological polar surface area (TPSA) is 102 Å². The summed E-state index contributed by atoms with van der Waals surface area (Å²) < 4.78 is 4.94. The lowest BCUT2D eigenvalue weighted by molar-refractivity contribution is -0.384. The predicted molar refractivity (Wildman–Crippen MR) is 87.9 cm³/mol. The van der Waals surface area contributed by atoms with E-state index in [9.17, 15) is 19.7 Å². The maximum atomic E-state index is 11.9. The fourth-order valence-electron chi connectivity index (χ4n) is 2.49. The summed E-state index contributed by atoms with van der Waals surface area (Å²) in [5.41, 5.74) is 0.466. The van der Waals surface area contributed by atoms with E-state index in [0.717, 1.165) is 0 Å². The molecule has 1 amide bonds. The molecule has 9 heteroatoms. The summed E-state index contributed by atoms with van der Waals surface area (Å²) in [4.78, 5) is 35.3. The largest absolute Gasteiger partial charge is 0.466 e. The summed E-state index contributed by atoms with van der Waals surface area (Å²) in [6.45, 7) is 3.18. The SMILES string of the molecule is CCOC(=O)C1CC(=O)N(CCNc2ccc([N+](=O)[O-])cc2Cl)C1. The molecule has 0 spiro atoms. The second kappa shape index (κ2) is 7.96. The number of hydrogen-bond acceptors (Lipinski definition) is 6. The van der Waals surface area contributed by atoms with Gasteiger partial charge in [0.05, 0.1) is 28.2 Å². The summed E-state index contributed by atoms with van der Waals surface area (Å²) in [6, 6.07) is 4.14. The number of rotatable bonds is 7. The first kappa shape index (κ1) is 18.0. The number of halogens is 1. The number of non-ortho nitro benzene ring substituents is 1. The molecule has 0 radical (unpaired) electrons. The van der Waals surface area contributed by atoms with Crippen LogP contribution in [-0.4, -0.2) is 47.9 Å². The summed E-state index contributed by atoms with van der Waals surface area (Å²) in [7, 11) is 0. The van der Waals surface area contributed by atoms with Gasteiger partial charge in [-0.3, -0.25) is 19.7 Å². The highest BCUT2D eigenvalue weighted by Crippen LogP contribution is 2.26. The van der Waals surface area contributed by atoms with Crippen molar-refractivity contribution < 1.29 is 19.2 Å². The summed E-state index contributed by atoms with van der Waals surface area (Å²) in [6.07, 6.45) is 0.164. The molecule has 0 bridgehead atoms. The Labute approximate surface area is 143 Å². The zero-order valence-corrected chi connectivity index (χ0v) is 13.9. The highest BCUT2D eigenvalue weighted by atomic mass is 35.5. The number of nitrogens with one attached hydrogen (secondary N) is 1. The van der Waals surface area contributed by atoms with Crippen molar-refractivity contribution in [2.75, 3.05) is 31.6 Å².